The Morgan fingerprint density at radius 3 is 2.43 bits per heavy atom. The van der Waals surface area contributed by atoms with Crippen molar-refractivity contribution >= 4 is 34.4 Å². The molecule has 0 fully saturated rings. The van der Waals surface area contributed by atoms with Crippen LogP contribution in [0.25, 0.3) is 10.0 Å². The first-order valence-electron chi connectivity index (χ1n) is 3.45. The van der Waals surface area contributed by atoms with Gasteiger partial charge in [0, 0.05) is 0 Å². The molecule has 2 heterocycles. The molecule has 0 unspecified atom stereocenters. The smallest absolute Gasteiger partial charge is 0.190 e. The molecule has 0 N–H and O–H groups in total. The zero-order chi connectivity index (χ0) is 9.97. The number of aromatic nitrogens is 4. The third-order valence-electron chi connectivity index (χ3n) is 1.28. The van der Waals surface area contributed by atoms with Crippen LogP contribution >= 0.6 is 34.4 Å². The predicted molar refractivity (Wildman–Crippen MR) is 55.3 cm³/mol. The topological polar surface area (TPSA) is 75.3 Å². The van der Waals surface area contributed by atoms with Crippen LogP contribution < -0.4 is 0 Å². The van der Waals surface area contributed by atoms with E-state index in [1.54, 1.807) is 0 Å². The molecule has 14 heavy (non-hydrogen) atoms. The minimum Gasteiger partial charge on any atom is -0.190 e. The molecule has 0 amide bonds. The summed E-state index contributed by atoms with van der Waals surface area (Å²) in [4.78, 5) is 0. The predicted octanol–water partition coefficient (Wildman–Crippen LogP) is 1.65. The average molecular weight is 241 g/mol. The first kappa shape index (κ1) is 9.51. The van der Waals surface area contributed by atoms with E-state index in [9.17, 15) is 0 Å². The minimum atomic E-state index is 0.348. The van der Waals surface area contributed by atoms with Crippen LogP contribution in [-0.2, 0) is 0 Å². The summed E-state index contributed by atoms with van der Waals surface area (Å²) in [5.74, 6) is 0. The number of hydrogen-bond acceptors (Lipinski definition) is 8. The van der Waals surface area contributed by atoms with E-state index in [2.05, 4.69) is 20.4 Å². The van der Waals surface area contributed by atoms with E-state index < -0.39 is 0 Å². The maximum atomic E-state index is 8.57. The molecule has 0 aliphatic heterocycles. The van der Waals surface area contributed by atoms with E-state index in [-0.39, 0.29) is 0 Å². The second-order valence-electron chi connectivity index (χ2n) is 2.10. The average Bonchev–Trinajstić information content (AvgIpc) is 2.86. The quantitative estimate of drug-likeness (QED) is 0.744. The van der Waals surface area contributed by atoms with Crippen LogP contribution in [0.15, 0.2) is 4.34 Å². The molecule has 5 nitrogen and oxygen atoms in total. The lowest BCUT2D eigenvalue weighted by molar-refractivity contribution is 1.00. The van der Waals surface area contributed by atoms with Gasteiger partial charge in [0.25, 0.3) is 0 Å². The SMILES string of the molecule is CSc1nnc(-c2nnc(C#N)s2)s1. The second-order valence-corrected chi connectivity index (χ2v) is 5.11. The molecule has 2 rings (SSSR count). The number of rotatable bonds is 2. The van der Waals surface area contributed by atoms with Gasteiger partial charge in [-0.1, -0.05) is 34.4 Å². The van der Waals surface area contributed by atoms with E-state index in [1.165, 1.54) is 34.4 Å². The van der Waals surface area contributed by atoms with E-state index in [4.69, 9.17) is 5.26 Å². The van der Waals surface area contributed by atoms with Crippen LogP contribution in [0.1, 0.15) is 5.01 Å². The minimum absolute atomic E-state index is 0.348. The molecule has 0 saturated heterocycles. The molecular formula is C6H3N5S3. The Labute approximate surface area is 91.8 Å². The molecule has 70 valence electrons. The summed E-state index contributed by atoms with van der Waals surface area (Å²) in [7, 11) is 0. The van der Waals surface area contributed by atoms with Crippen LogP contribution in [0, 0.1) is 11.3 Å². The number of nitriles is 1. The van der Waals surface area contributed by atoms with Gasteiger partial charge < -0.3 is 0 Å². The summed E-state index contributed by atoms with van der Waals surface area (Å²) in [5.41, 5.74) is 0. The number of hydrogen-bond donors (Lipinski definition) is 0. The van der Waals surface area contributed by atoms with E-state index in [0.29, 0.717) is 15.0 Å². The Balaban J connectivity index is 2.35. The van der Waals surface area contributed by atoms with Crippen molar-refractivity contribution in [2.45, 2.75) is 4.34 Å². The summed E-state index contributed by atoms with van der Waals surface area (Å²) in [6.45, 7) is 0. The normalized spacial score (nSPS) is 10.0. The second kappa shape index (κ2) is 4.00. The molecular weight excluding hydrogens is 238 g/mol. The van der Waals surface area contributed by atoms with Crippen molar-refractivity contribution in [1.82, 2.24) is 20.4 Å². The van der Waals surface area contributed by atoms with Gasteiger partial charge in [-0.05, 0) is 6.26 Å². The third-order valence-corrected chi connectivity index (χ3v) is 4.15. The van der Waals surface area contributed by atoms with Crippen LogP contribution in [0.4, 0.5) is 0 Å². The molecule has 0 saturated carbocycles. The lowest BCUT2D eigenvalue weighted by Gasteiger charge is -1.80. The summed E-state index contributed by atoms with van der Waals surface area (Å²) in [6, 6.07) is 1.93. The number of thioether (sulfide) groups is 1. The maximum absolute atomic E-state index is 8.57. The van der Waals surface area contributed by atoms with Crippen LogP contribution in [0.2, 0.25) is 0 Å². The van der Waals surface area contributed by atoms with Crippen molar-refractivity contribution in [2.24, 2.45) is 0 Å². The standard InChI is InChI=1S/C6H3N5S3/c1-12-6-11-10-5(14-6)4-9-8-3(2-7)13-4/h1H3. The summed E-state index contributed by atoms with van der Waals surface area (Å²) in [5, 5.41) is 25.7. The van der Waals surface area contributed by atoms with Gasteiger partial charge in [-0.25, -0.2) is 0 Å². The molecule has 8 heteroatoms. The molecule has 0 atom stereocenters. The maximum Gasteiger partial charge on any atom is 0.218 e. The van der Waals surface area contributed by atoms with Crippen molar-refractivity contribution in [3.05, 3.63) is 5.01 Å². The van der Waals surface area contributed by atoms with Gasteiger partial charge in [-0.15, -0.1) is 20.4 Å². The van der Waals surface area contributed by atoms with Crippen molar-refractivity contribution in [1.29, 1.82) is 5.26 Å². The summed E-state index contributed by atoms with van der Waals surface area (Å²) >= 11 is 4.21. The highest BCUT2D eigenvalue weighted by Gasteiger charge is 2.11. The highest BCUT2D eigenvalue weighted by atomic mass is 32.2. The fourth-order valence-electron chi connectivity index (χ4n) is 0.734. The van der Waals surface area contributed by atoms with Crippen molar-refractivity contribution in [3.8, 4) is 16.1 Å². The van der Waals surface area contributed by atoms with Gasteiger partial charge in [-0.3, -0.25) is 0 Å². The fraction of sp³-hybridized carbons (Fsp3) is 0.167. The van der Waals surface area contributed by atoms with Gasteiger partial charge in [0.1, 0.15) is 6.07 Å². The Bertz CT molecular complexity index is 482. The zero-order valence-corrected chi connectivity index (χ0v) is 9.41. The highest BCUT2D eigenvalue weighted by Crippen LogP contribution is 2.29. The molecule has 0 aliphatic carbocycles. The van der Waals surface area contributed by atoms with Gasteiger partial charge in [0.2, 0.25) is 5.01 Å². The van der Waals surface area contributed by atoms with Crippen LogP contribution in [0.5, 0.6) is 0 Å². The largest absolute Gasteiger partial charge is 0.218 e. The van der Waals surface area contributed by atoms with Gasteiger partial charge >= 0.3 is 0 Å². The zero-order valence-electron chi connectivity index (χ0n) is 6.96. The molecule has 2 aromatic rings. The fourth-order valence-corrected chi connectivity index (χ4v) is 2.65. The van der Waals surface area contributed by atoms with Gasteiger partial charge in [0.15, 0.2) is 14.4 Å². The molecule has 0 aliphatic rings. The van der Waals surface area contributed by atoms with Crippen molar-refractivity contribution in [2.75, 3.05) is 6.26 Å². The molecule has 0 spiro atoms. The van der Waals surface area contributed by atoms with E-state index in [0.717, 1.165) is 4.34 Å². The first-order chi connectivity index (χ1) is 6.83. The molecule has 0 bridgehead atoms. The van der Waals surface area contributed by atoms with Gasteiger partial charge in [0.05, 0.1) is 0 Å². The Kier molecular flexibility index (Phi) is 2.72. The summed E-state index contributed by atoms with van der Waals surface area (Å²) < 4.78 is 0.883. The lowest BCUT2D eigenvalue weighted by atomic mass is 10.8. The van der Waals surface area contributed by atoms with Crippen molar-refractivity contribution < 1.29 is 0 Å². The molecule has 0 aromatic carbocycles. The number of nitrogens with zero attached hydrogens (tertiary/aromatic N) is 5. The van der Waals surface area contributed by atoms with Crippen LogP contribution in [-0.4, -0.2) is 26.7 Å². The summed E-state index contributed by atoms with van der Waals surface area (Å²) in [6.07, 6.45) is 1.94. The third kappa shape index (κ3) is 1.75. The van der Waals surface area contributed by atoms with Crippen LogP contribution in [0.3, 0.4) is 0 Å². The first-order valence-corrected chi connectivity index (χ1v) is 6.30. The van der Waals surface area contributed by atoms with Crippen molar-refractivity contribution in [3.63, 3.8) is 0 Å². The Morgan fingerprint density at radius 1 is 1.14 bits per heavy atom. The lowest BCUT2D eigenvalue weighted by Crippen LogP contribution is -1.75. The van der Waals surface area contributed by atoms with Gasteiger partial charge in [-0.2, -0.15) is 5.26 Å². The Morgan fingerprint density at radius 2 is 1.86 bits per heavy atom. The van der Waals surface area contributed by atoms with E-state index >= 15 is 0 Å². The monoisotopic (exact) mass is 241 g/mol. The van der Waals surface area contributed by atoms with E-state index in [1.807, 2.05) is 12.3 Å². The highest BCUT2D eigenvalue weighted by molar-refractivity contribution is 8.00. The Hall–Kier alpha value is -1.04. The molecule has 0 radical (unpaired) electrons. The molecule has 2 aromatic heterocycles.